The molecule has 0 spiro atoms. The predicted octanol–water partition coefficient (Wildman–Crippen LogP) is 4.35. The van der Waals surface area contributed by atoms with Gasteiger partial charge in [0.2, 0.25) is 0 Å². The van der Waals surface area contributed by atoms with Crippen molar-refractivity contribution in [3.05, 3.63) is 59.2 Å². The van der Waals surface area contributed by atoms with Crippen molar-refractivity contribution in [2.75, 3.05) is 25.0 Å². The maximum atomic E-state index is 13.5. The van der Waals surface area contributed by atoms with Crippen molar-refractivity contribution in [2.24, 2.45) is 11.7 Å². The first kappa shape index (κ1) is 23.2. The van der Waals surface area contributed by atoms with Crippen molar-refractivity contribution >= 4 is 17.5 Å². The minimum atomic E-state index is -1.10. The van der Waals surface area contributed by atoms with Crippen LogP contribution in [0.15, 0.2) is 36.4 Å². The van der Waals surface area contributed by atoms with Gasteiger partial charge in [-0.2, -0.15) is 0 Å². The molecule has 8 heteroatoms. The zero-order chi connectivity index (χ0) is 23.6. The Morgan fingerprint density at radius 3 is 2.73 bits per heavy atom. The van der Waals surface area contributed by atoms with Crippen LogP contribution in [0.3, 0.4) is 0 Å². The number of piperidine rings is 1. The lowest BCUT2D eigenvalue weighted by Gasteiger charge is -2.48. The number of nitrogens with two attached hydrogens (primary N) is 1. The lowest BCUT2D eigenvalue weighted by Crippen LogP contribution is -2.61. The van der Waals surface area contributed by atoms with Crippen LogP contribution in [-0.2, 0) is 0 Å². The number of hydrogen-bond acceptors (Lipinski definition) is 4. The van der Waals surface area contributed by atoms with Gasteiger partial charge >= 0.3 is 0 Å². The number of benzene rings is 2. The maximum absolute atomic E-state index is 13.5. The fraction of sp³-hybridized carbons (Fsp3) is 0.440. The summed E-state index contributed by atoms with van der Waals surface area (Å²) in [4.78, 5) is 27.6. The minimum Gasteiger partial charge on any atom is -0.493 e. The van der Waals surface area contributed by atoms with Gasteiger partial charge in [0.15, 0.2) is 11.6 Å². The normalized spacial score (nSPS) is 22.4. The van der Waals surface area contributed by atoms with Crippen molar-refractivity contribution in [1.29, 1.82) is 0 Å². The molecule has 2 fully saturated rings. The smallest absolute Gasteiger partial charge is 0.257 e. The van der Waals surface area contributed by atoms with Gasteiger partial charge in [-0.05, 0) is 62.4 Å². The Bertz CT molecular complexity index is 1060. The highest BCUT2D eigenvalue weighted by Crippen LogP contribution is 2.38. The Morgan fingerprint density at radius 1 is 1.15 bits per heavy atom. The number of nitrogens with zero attached hydrogens (tertiary/aromatic N) is 1. The largest absolute Gasteiger partial charge is 0.493 e. The van der Waals surface area contributed by atoms with E-state index in [1.807, 2.05) is 6.92 Å². The van der Waals surface area contributed by atoms with E-state index in [4.69, 9.17) is 10.5 Å². The Hall–Kier alpha value is -3.00. The Morgan fingerprint density at radius 2 is 1.97 bits per heavy atom. The van der Waals surface area contributed by atoms with Crippen LogP contribution in [0.2, 0.25) is 0 Å². The molecule has 1 saturated heterocycles. The molecule has 2 aliphatic rings. The molecule has 1 aliphatic carbocycles. The molecule has 0 bridgehead atoms. The van der Waals surface area contributed by atoms with Gasteiger partial charge in [0.05, 0.1) is 12.2 Å². The molecule has 1 heterocycles. The summed E-state index contributed by atoms with van der Waals surface area (Å²) in [6.07, 6.45) is 5.23. The molecule has 4 rings (SSSR count). The lowest BCUT2D eigenvalue weighted by molar-refractivity contribution is 0.0414. The number of amides is 2. The topological polar surface area (TPSA) is 84.7 Å². The molecule has 176 valence electrons. The highest BCUT2D eigenvalue weighted by molar-refractivity contribution is 6.05. The van der Waals surface area contributed by atoms with E-state index >= 15 is 0 Å². The number of hydrogen-bond donors (Lipinski definition) is 2. The highest BCUT2D eigenvalue weighted by Gasteiger charge is 2.43. The van der Waals surface area contributed by atoms with Gasteiger partial charge in [0.25, 0.3) is 11.8 Å². The molecular weight excluding hydrogens is 428 g/mol. The fourth-order valence-electron chi connectivity index (χ4n) is 4.96. The lowest BCUT2D eigenvalue weighted by atomic mass is 9.69. The zero-order valence-electron chi connectivity index (χ0n) is 18.7. The second-order valence-corrected chi connectivity index (χ2v) is 8.92. The van der Waals surface area contributed by atoms with Gasteiger partial charge in [-0.25, -0.2) is 8.78 Å². The molecule has 2 aromatic carbocycles. The van der Waals surface area contributed by atoms with Crippen molar-refractivity contribution in [3.63, 3.8) is 0 Å². The van der Waals surface area contributed by atoms with E-state index in [9.17, 15) is 18.4 Å². The standard InChI is InChI=1S/C25H29F2N3O3/c1-2-33-22-14-18(29-23(31)16-6-9-20(26)21(27)13-16)7-8-19(22)24(32)30-12-10-17-5-3-4-11-25(17,28)15-30/h6-9,13-14,17H,2-5,10-12,15,28H2,1H3,(H,29,31)/t17-,25+/m0/s1. The molecule has 0 radical (unpaired) electrons. The number of anilines is 1. The number of nitrogens with one attached hydrogen (secondary N) is 1. The SMILES string of the molecule is CCOc1cc(NC(=O)c2ccc(F)c(F)c2)ccc1C(=O)N1CC[C@@H]2CCCC[C@@]2(N)C1. The van der Waals surface area contributed by atoms with E-state index < -0.39 is 17.5 Å². The van der Waals surface area contributed by atoms with Gasteiger partial charge in [-0.3, -0.25) is 9.59 Å². The van der Waals surface area contributed by atoms with Crippen LogP contribution in [-0.4, -0.2) is 41.9 Å². The molecule has 1 aliphatic heterocycles. The van der Waals surface area contributed by atoms with Gasteiger partial charge in [-0.15, -0.1) is 0 Å². The third kappa shape index (κ3) is 4.85. The van der Waals surface area contributed by atoms with Crippen molar-refractivity contribution in [1.82, 2.24) is 4.90 Å². The van der Waals surface area contributed by atoms with Crippen LogP contribution in [0.4, 0.5) is 14.5 Å². The quantitative estimate of drug-likeness (QED) is 0.699. The molecule has 2 atom stereocenters. The van der Waals surface area contributed by atoms with E-state index in [2.05, 4.69) is 5.32 Å². The van der Waals surface area contributed by atoms with Crippen molar-refractivity contribution in [3.8, 4) is 5.75 Å². The Kier molecular flexibility index (Phi) is 6.65. The Labute approximate surface area is 192 Å². The second kappa shape index (κ2) is 9.47. The zero-order valence-corrected chi connectivity index (χ0v) is 18.7. The van der Waals surface area contributed by atoms with E-state index in [1.54, 1.807) is 23.1 Å². The molecule has 3 N–H and O–H groups in total. The molecular formula is C25H29F2N3O3. The molecule has 0 unspecified atom stereocenters. The van der Waals surface area contributed by atoms with Gasteiger partial charge in [-0.1, -0.05) is 12.8 Å². The van der Waals surface area contributed by atoms with Crippen LogP contribution in [0, 0.1) is 17.6 Å². The summed E-state index contributed by atoms with van der Waals surface area (Å²) in [5.41, 5.74) is 7.13. The molecule has 2 amide bonds. The first-order valence-corrected chi connectivity index (χ1v) is 11.4. The summed E-state index contributed by atoms with van der Waals surface area (Å²) >= 11 is 0. The first-order chi connectivity index (χ1) is 15.8. The summed E-state index contributed by atoms with van der Waals surface area (Å²) in [6.45, 7) is 3.33. The van der Waals surface area contributed by atoms with Crippen LogP contribution >= 0.6 is 0 Å². The third-order valence-electron chi connectivity index (χ3n) is 6.73. The molecule has 6 nitrogen and oxygen atoms in total. The average Bonchev–Trinajstić information content (AvgIpc) is 2.80. The molecule has 1 saturated carbocycles. The average molecular weight is 458 g/mol. The number of halogens is 2. The molecule has 0 aromatic heterocycles. The number of fused-ring (bicyclic) bond motifs is 1. The summed E-state index contributed by atoms with van der Waals surface area (Å²) in [5.74, 6) is -2.06. The highest BCUT2D eigenvalue weighted by atomic mass is 19.2. The number of carbonyl (C=O) groups excluding carboxylic acids is 2. The van der Waals surface area contributed by atoms with Crippen LogP contribution in [0.5, 0.6) is 5.75 Å². The molecule has 33 heavy (non-hydrogen) atoms. The maximum Gasteiger partial charge on any atom is 0.257 e. The minimum absolute atomic E-state index is 0.0180. The van der Waals surface area contributed by atoms with E-state index in [1.165, 1.54) is 12.5 Å². The monoisotopic (exact) mass is 457 g/mol. The first-order valence-electron chi connectivity index (χ1n) is 11.4. The van der Waals surface area contributed by atoms with Crippen molar-refractivity contribution < 1.29 is 23.1 Å². The number of likely N-dealkylation sites (tertiary alicyclic amines) is 1. The van der Waals surface area contributed by atoms with Crippen LogP contribution in [0.25, 0.3) is 0 Å². The predicted molar refractivity (Wildman–Crippen MR) is 121 cm³/mol. The van der Waals surface area contributed by atoms with Crippen LogP contribution < -0.4 is 15.8 Å². The third-order valence-corrected chi connectivity index (χ3v) is 6.73. The van der Waals surface area contributed by atoms with E-state index in [0.29, 0.717) is 42.6 Å². The molecule has 2 aromatic rings. The fourth-order valence-corrected chi connectivity index (χ4v) is 4.96. The summed E-state index contributed by atoms with van der Waals surface area (Å²) in [7, 11) is 0. The summed E-state index contributed by atoms with van der Waals surface area (Å²) in [6, 6.07) is 7.72. The Balaban J connectivity index is 1.52. The second-order valence-electron chi connectivity index (χ2n) is 8.92. The number of carbonyl (C=O) groups is 2. The number of rotatable bonds is 5. The van der Waals surface area contributed by atoms with Crippen molar-refractivity contribution in [2.45, 2.75) is 44.6 Å². The van der Waals surface area contributed by atoms with E-state index in [0.717, 1.165) is 37.8 Å². The summed E-state index contributed by atoms with van der Waals surface area (Å²) < 4.78 is 32.3. The van der Waals surface area contributed by atoms with Gasteiger partial charge in [0, 0.05) is 35.9 Å². The van der Waals surface area contributed by atoms with Crippen LogP contribution in [0.1, 0.15) is 59.7 Å². The van der Waals surface area contributed by atoms with Gasteiger partial charge < -0.3 is 20.7 Å². The van der Waals surface area contributed by atoms with Gasteiger partial charge in [0.1, 0.15) is 5.75 Å². The number of ether oxygens (including phenoxy) is 1. The summed E-state index contributed by atoms with van der Waals surface area (Å²) in [5, 5.41) is 2.64. The van der Waals surface area contributed by atoms with E-state index in [-0.39, 0.29) is 17.0 Å².